The monoisotopic (exact) mass is 567 g/mol. The molecule has 1 N–H and O–H groups in total. The first-order valence-corrected chi connectivity index (χ1v) is 13.0. The summed E-state index contributed by atoms with van der Waals surface area (Å²) in [7, 11) is 0. The van der Waals surface area contributed by atoms with E-state index in [1.54, 1.807) is 18.3 Å². The number of hydrogen-bond acceptors (Lipinski definition) is 6. The molecular formula is C30H22BrN3O4. The van der Waals surface area contributed by atoms with Gasteiger partial charge in [-0.05, 0) is 54.8 Å². The first-order chi connectivity index (χ1) is 18.5. The molecule has 2 aromatic heterocycles. The minimum Gasteiger partial charge on any atom is -0.453 e. The van der Waals surface area contributed by atoms with Gasteiger partial charge in [0.25, 0.3) is 5.91 Å². The predicted octanol–water partition coefficient (Wildman–Crippen LogP) is 6.74. The number of carbonyl (C=O) groups is 2. The number of pyridine rings is 1. The predicted molar refractivity (Wildman–Crippen MR) is 149 cm³/mol. The molecule has 0 bridgehead atoms. The van der Waals surface area contributed by atoms with E-state index in [4.69, 9.17) is 9.15 Å². The van der Waals surface area contributed by atoms with Gasteiger partial charge in [0.05, 0.1) is 5.71 Å². The van der Waals surface area contributed by atoms with E-state index < -0.39 is 5.97 Å². The molecule has 0 aliphatic heterocycles. The Labute approximate surface area is 226 Å². The zero-order valence-corrected chi connectivity index (χ0v) is 22.0. The summed E-state index contributed by atoms with van der Waals surface area (Å²) in [5.41, 5.74) is 5.89. The van der Waals surface area contributed by atoms with Crippen LogP contribution in [0.4, 0.5) is 0 Å². The fourth-order valence-corrected chi connectivity index (χ4v) is 5.37. The van der Waals surface area contributed by atoms with Crippen molar-refractivity contribution >= 4 is 55.2 Å². The molecule has 3 aromatic carbocycles. The van der Waals surface area contributed by atoms with Gasteiger partial charge < -0.3 is 9.15 Å². The lowest BCUT2D eigenvalue weighted by atomic mass is 9.93. The Balaban J connectivity index is 1.28. The van der Waals surface area contributed by atoms with E-state index in [2.05, 4.69) is 31.4 Å². The van der Waals surface area contributed by atoms with Gasteiger partial charge in [0, 0.05) is 39.2 Å². The average molecular weight is 568 g/mol. The van der Waals surface area contributed by atoms with Crippen molar-refractivity contribution in [2.45, 2.75) is 26.2 Å². The SMILES string of the molecule is Cc1c(C(=O)Oc2ccc(Br)c3cccnc23)oc2c1/C(=N/NC(=O)c1cccc3ccccc13)CCC2. The number of nitrogens with zero attached hydrogens (tertiary/aromatic N) is 2. The van der Waals surface area contributed by atoms with E-state index >= 15 is 0 Å². The molecule has 0 atom stereocenters. The summed E-state index contributed by atoms with van der Waals surface area (Å²) in [6.45, 7) is 1.81. The number of nitrogens with one attached hydrogen (secondary N) is 1. The van der Waals surface area contributed by atoms with Gasteiger partial charge in [0.1, 0.15) is 11.3 Å². The van der Waals surface area contributed by atoms with E-state index in [1.165, 1.54) is 0 Å². The van der Waals surface area contributed by atoms with Crippen LogP contribution in [0.1, 0.15) is 50.6 Å². The minimum atomic E-state index is -0.606. The first-order valence-electron chi connectivity index (χ1n) is 12.2. The van der Waals surface area contributed by atoms with E-state index in [0.29, 0.717) is 46.7 Å². The Hall–Kier alpha value is -4.30. The number of fused-ring (bicyclic) bond motifs is 3. The molecule has 0 saturated heterocycles. The van der Waals surface area contributed by atoms with Crippen LogP contribution in [0.2, 0.25) is 0 Å². The normalized spacial score (nSPS) is 14.0. The van der Waals surface area contributed by atoms with Crippen LogP contribution in [0.5, 0.6) is 5.75 Å². The molecule has 0 spiro atoms. The fourth-order valence-electron chi connectivity index (χ4n) is 4.92. The number of aromatic nitrogens is 1. The number of amides is 1. The molecule has 0 unspecified atom stereocenters. The van der Waals surface area contributed by atoms with Gasteiger partial charge >= 0.3 is 5.97 Å². The van der Waals surface area contributed by atoms with Crippen LogP contribution in [0.15, 0.2) is 86.9 Å². The Kier molecular flexibility index (Phi) is 6.25. The molecule has 1 aliphatic rings. The van der Waals surface area contributed by atoms with Gasteiger partial charge in [-0.25, -0.2) is 10.2 Å². The number of carbonyl (C=O) groups excluding carboxylic acids is 2. The lowest BCUT2D eigenvalue weighted by Gasteiger charge is -2.13. The Morgan fingerprint density at radius 1 is 1.00 bits per heavy atom. The molecule has 8 heteroatoms. The topological polar surface area (TPSA) is 93.8 Å². The summed E-state index contributed by atoms with van der Waals surface area (Å²) >= 11 is 3.51. The Morgan fingerprint density at radius 3 is 2.71 bits per heavy atom. The quantitative estimate of drug-likeness (QED) is 0.147. The van der Waals surface area contributed by atoms with Gasteiger partial charge in [0.2, 0.25) is 5.76 Å². The van der Waals surface area contributed by atoms with Gasteiger partial charge in [-0.2, -0.15) is 5.10 Å². The highest BCUT2D eigenvalue weighted by atomic mass is 79.9. The van der Waals surface area contributed by atoms with Crippen molar-refractivity contribution in [3.8, 4) is 5.75 Å². The minimum absolute atomic E-state index is 0.122. The van der Waals surface area contributed by atoms with Crippen molar-refractivity contribution in [1.29, 1.82) is 0 Å². The largest absolute Gasteiger partial charge is 0.453 e. The highest BCUT2D eigenvalue weighted by molar-refractivity contribution is 9.10. The molecule has 7 nitrogen and oxygen atoms in total. The molecule has 5 aromatic rings. The number of ether oxygens (including phenoxy) is 1. The summed E-state index contributed by atoms with van der Waals surface area (Å²) in [6, 6.07) is 20.6. The van der Waals surface area contributed by atoms with E-state index in [1.807, 2.05) is 61.5 Å². The highest BCUT2D eigenvalue weighted by Crippen LogP contribution is 2.33. The zero-order valence-electron chi connectivity index (χ0n) is 20.5. The van der Waals surface area contributed by atoms with E-state index in [0.717, 1.165) is 32.6 Å². The second-order valence-electron chi connectivity index (χ2n) is 9.07. The number of aryl methyl sites for hydroxylation is 1. The van der Waals surface area contributed by atoms with Crippen LogP contribution in [0.3, 0.4) is 0 Å². The van der Waals surface area contributed by atoms with Crippen molar-refractivity contribution in [1.82, 2.24) is 10.4 Å². The third kappa shape index (κ3) is 4.26. The Bertz CT molecular complexity index is 1770. The lowest BCUT2D eigenvalue weighted by molar-refractivity contribution is 0.0700. The van der Waals surface area contributed by atoms with Gasteiger partial charge in [0.15, 0.2) is 5.75 Å². The van der Waals surface area contributed by atoms with E-state index in [-0.39, 0.29) is 11.7 Å². The number of esters is 1. The molecule has 2 heterocycles. The lowest BCUT2D eigenvalue weighted by Crippen LogP contribution is -2.22. The zero-order chi connectivity index (χ0) is 26.2. The van der Waals surface area contributed by atoms with Crippen LogP contribution in [0.25, 0.3) is 21.7 Å². The van der Waals surface area contributed by atoms with Crippen LogP contribution in [-0.2, 0) is 6.42 Å². The smallest absolute Gasteiger partial charge is 0.380 e. The number of rotatable bonds is 4. The highest BCUT2D eigenvalue weighted by Gasteiger charge is 2.29. The number of furan rings is 1. The third-order valence-corrected chi connectivity index (χ3v) is 7.41. The van der Waals surface area contributed by atoms with Gasteiger partial charge in [-0.1, -0.05) is 58.4 Å². The summed E-state index contributed by atoms with van der Waals surface area (Å²) in [4.78, 5) is 30.6. The van der Waals surface area contributed by atoms with Crippen molar-refractivity contribution < 1.29 is 18.7 Å². The summed E-state index contributed by atoms with van der Waals surface area (Å²) in [5.74, 6) is 0.232. The molecule has 38 heavy (non-hydrogen) atoms. The second-order valence-corrected chi connectivity index (χ2v) is 9.92. The number of hydrogen-bond donors (Lipinski definition) is 1. The standard InChI is InChI=1S/C30H22BrN3O4/c1-17-26-23(33-34-29(35)20-10-4-8-18-7-2-3-9-19(18)20)12-5-13-24(26)37-28(17)30(36)38-25-15-14-22(31)21-11-6-16-32-27(21)25/h2-4,6-11,14-16H,5,12-13H2,1H3,(H,34,35)/b33-23+. The summed E-state index contributed by atoms with van der Waals surface area (Å²) < 4.78 is 12.6. The molecule has 1 aliphatic carbocycles. The molecule has 6 rings (SSSR count). The van der Waals surface area contributed by atoms with Crippen LogP contribution < -0.4 is 10.2 Å². The van der Waals surface area contributed by atoms with Crippen LogP contribution in [-0.4, -0.2) is 22.6 Å². The summed E-state index contributed by atoms with van der Waals surface area (Å²) in [6.07, 6.45) is 3.76. The van der Waals surface area contributed by atoms with Crippen molar-refractivity contribution in [3.05, 3.63) is 106 Å². The van der Waals surface area contributed by atoms with Crippen molar-refractivity contribution in [3.63, 3.8) is 0 Å². The molecule has 1 amide bonds. The Morgan fingerprint density at radius 2 is 1.82 bits per heavy atom. The van der Waals surface area contributed by atoms with Crippen LogP contribution >= 0.6 is 15.9 Å². The van der Waals surface area contributed by atoms with Gasteiger partial charge in [-0.3, -0.25) is 9.78 Å². The van der Waals surface area contributed by atoms with E-state index in [9.17, 15) is 9.59 Å². The number of hydrazone groups is 1. The maximum atomic E-state index is 13.2. The van der Waals surface area contributed by atoms with Gasteiger partial charge in [-0.15, -0.1) is 0 Å². The summed E-state index contributed by atoms with van der Waals surface area (Å²) in [5, 5.41) is 7.14. The molecule has 188 valence electrons. The molecule has 0 radical (unpaired) electrons. The second kappa shape index (κ2) is 9.87. The maximum absolute atomic E-state index is 13.2. The third-order valence-electron chi connectivity index (χ3n) is 6.72. The number of benzene rings is 3. The molecule has 0 saturated carbocycles. The van der Waals surface area contributed by atoms with Crippen LogP contribution in [0, 0.1) is 6.92 Å². The van der Waals surface area contributed by atoms with Crippen molar-refractivity contribution in [2.75, 3.05) is 0 Å². The molecular weight excluding hydrogens is 546 g/mol. The number of halogens is 1. The first kappa shape index (κ1) is 24.1. The van der Waals surface area contributed by atoms with Crippen molar-refractivity contribution in [2.24, 2.45) is 5.10 Å². The fraction of sp³-hybridized carbons (Fsp3) is 0.133. The molecule has 0 fully saturated rings. The average Bonchev–Trinajstić information content (AvgIpc) is 3.30. The maximum Gasteiger partial charge on any atom is 0.380 e.